The molecule has 3 atom stereocenters. The molecule has 5 heteroatoms. The fourth-order valence-electron chi connectivity index (χ4n) is 2.70. The molecule has 0 radical (unpaired) electrons. The van der Waals surface area contributed by atoms with E-state index in [1.54, 1.807) is 23.0 Å². The van der Waals surface area contributed by atoms with Gasteiger partial charge in [0.1, 0.15) is 6.04 Å². The molecule has 90 valence electrons. The minimum atomic E-state index is -0.523. The van der Waals surface area contributed by atoms with Crippen molar-refractivity contribution in [3.63, 3.8) is 0 Å². The molecule has 4 nitrogen and oxygen atoms in total. The molecule has 0 bridgehead atoms. The van der Waals surface area contributed by atoms with Crippen molar-refractivity contribution in [3.8, 4) is 0 Å². The fraction of sp³-hybridized carbons (Fsp3) is 0.727. The first-order chi connectivity index (χ1) is 7.72. The Morgan fingerprint density at radius 3 is 3.12 bits per heavy atom. The summed E-state index contributed by atoms with van der Waals surface area (Å²) in [4.78, 5) is 11.3. The second-order valence-corrected chi connectivity index (χ2v) is 5.03. The predicted octanol–water partition coefficient (Wildman–Crippen LogP) is 1.64. The molecule has 0 aromatic rings. The highest BCUT2D eigenvalue weighted by Gasteiger charge is 2.33. The molecule has 1 heterocycles. The van der Waals surface area contributed by atoms with Crippen LogP contribution >= 0.6 is 23.0 Å². The second-order valence-electron chi connectivity index (χ2n) is 4.59. The highest BCUT2D eigenvalue weighted by atomic mass is 127. The van der Waals surface area contributed by atoms with Gasteiger partial charge in [-0.2, -0.15) is 0 Å². The number of nitrogens with one attached hydrogen (secondary N) is 1. The third-order valence-electron chi connectivity index (χ3n) is 3.56. The molecule has 1 aliphatic heterocycles. The number of nitrogens with two attached hydrogens (primary N) is 1. The molecule has 0 aromatic carbocycles. The molecule has 0 amide bonds. The summed E-state index contributed by atoms with van der Waals surface area (Å²) in [5.41, 5.74) is 7.07. The molecular formula is C11H17IN2O2. The van der Waals surface area contributed by atoms with Crippen LogP contribution in [0.5, 0.6) is 0 Å². The Balaban J connectivity index is 1.93. The van der Waals surface area contributed by atoms with Crippen LogP contribution in [0, 0.1) is 5.92 Å². The van der Waals surface area contributed by atoms with E-state index in [1.165, 1.54) is 31.3 Å². The molecule has 2 rings (SSSR count). The molecule has 0 aromatic heterocycles. The van der Waals surface area contributed by atoms with Crippen molar-refractivity contribution in [1.29, 1.82) is 0 Å². The fourth-order valence-corrected chi connectivity index (χ4v) is 3.03. The smallest absolute Gasteiger partial charge is 0.332 e. The minimum absolute atomic E-state index is 0.333. The van der Waals surface area contributed by atoms with Gasteiger partial charge in [0.05, 0.1) is 0 Å². The van der Waals surface area contributed by atoms with Gasteiger partial charge in [0.15, 0.2) is 23.0 Å². The van der Waals surface area contributed by atoms with Gasteiger partial charge in [0, 0.05) is 12.0 Å². The monoisotopic (exact) mass is 336 g/mol. The van der Waals surface area contributed by atoms with Crippen LogP contribution < -0.4 is 11.1 Å². The van der Waals surface area contributed by atoms with E-state index in [1.807, 2.05) is 0 Å². The average molecular weight is 336 g/mol. The standard InChI is InChI=1S/C11H17IN2O2/c12-16-11(15)9(13)5-7-6-14-10-4-2-1-3-8(7)10/h6,8-10,14H,1-5,13H2. The van der Waals surface area contributed by atoms with Gasteiger partial charge in [-0.3, -0.25) is 0 Å². The number of fused-ring (bicyclic) bond motifs is 1. The molecule has 16 heavy (non-hydrogen) atoms. The van der Waals surface area contributed by atoms with E-state index < -0.39 is 6.04 Å². The quantitative estimate of drug-likeness (QED) is 0.769. The van der Waals surface area contributed by atoms with E-state index in [0.717, 1.165) is 0 Å². The second kappa shape index (κ2) is 5.35. The number of hydrogen-bond acceptors (Lipinski definition) is 4. The number of rotatable bonds is 3. The van der Waals surface area contributed by atoms with Crippen molar-refractivity contribution in [2.75, 3.05) is 0 Å². The highest BCUT2D eigenvalue weighted by Crippen LogP contribution is 2.35. The Morgan fingerprint density at radius 1 is 1.62 bits per heavy atom. The SMILES string of the molecule is NC(CC1=CNC2CCCCC12)C(=O)OI. The average Bonchev–Trinajstić information content (AvgIpc) is 2.72. The Morgan fingerprint density at radius 2 is 2.38 bits per heavy atom. The van der Waals surface area contributed by atoms with Gasteiger partial charge in [0.2, 0.25) is 0 Å². The largest absolute Gasteiger partial charge is 0.393 e. The van der Waals surface area contributed by atoms with E-state index in [0.29, 0.717) is 18.4 Å². The number of hydrogen-bond donors (Lipinski definition) is 2. The molecule has 0 saturated heterocycles. The normalized spacial score (nSPS) is 30.0. The van der Waals surface area contributed by atoms with Crippen LogP contribution in [0.1, 0.15) is 32.1 Å². The molecule has 1 aliphatic carbocycles. The third kappa shape index (κ3) is 2.51. The summed E-state index contributed by atoms with van der Waals surface area (Å²) < 4.78 is 4.62. The first-order valence-corrected chi connectivity index (χ1v) is 6.63. The molecule has 2 aliphatic rings. The highest BCUT2D eigenvalue weighted by molar-refractivity contribution is 14.1. The van der Waals surface area contributed by atoms with E-state index in [4.69, 9.17) is 5.73 Å². The summed E-state index contributed by atoms with van der Waals surface area (Å²) in [6.07, 6.45) is 7.71. The maximum Gasteiger partial charge on any atom is 0.332 e. The van der Waals surface area contributed by atoms with E-state index >= 15 is 0 Å². The van der Waals surface area contributed by atoms with Crippen molar-refractivity contribution in [1.82, 2.24) is 5.32 Å². The van der Waals surface area contributed by atoms with Crippen LogP contribution in [-0.4, -0.2) is 18.1 Å². The van der Waals surface area contributed by atoms with Crippen LogP contribution in [0.3, 0.4) is 0 Å². The summed E-state index contributed by atoms with van der Waals surface area (Å²) >= 11 is 1.59. The topological polar surface area (TPSA) is 64.3 Å². The Hall–Kier alpha value is -0.300. The predicted molar refractivity (Wildman–Crippen MR) is 69.7 cm³/mol. The van der Waals surface area contributed by atoms with E-state index in [2.05, 4.69) is 14.6 Å². The molecule has 1 saturated carbocycles. The van der Waals surface area contributed by atoms with Gasteiger partial charge in [-0.05, 0) is 31.0 Å². The summed E-state index contributed by atoms with van der Waals surface area (Å²) in [7, 11) is 0. The van der Waals surface area contributed by atoms with Gasteiger partial charge in [-0.25, -0.2) is 4.79 Å². The van der Waals surface area contributed by atoms with Crippen molar-refractivity contribution in [2.45, 2.75) is 44.2 Å². The molecule has 1 fully saturated rings. The lowest BCUT2D eigenvalue weighted by molar-refractivity contribution is -0.132. The van der Waals surface area contributed by atoms with Crippen LogP contribution in [0.2, 0.25) is 0 Å². The van der Waals surface area contributed by atoms with Gasteiger partial charge in [-0.15, -0.1) is 0 Å². The lowest BCUT2D eigenvalue weighted by Gasteiger charge is -2.27. The first-order valence-electron chi connectivity index (χ1n) is 5.75. The molecule has 3 unspecified atom stereocenters. The zero-order valence-electron chi connectivity index (χ0n) is 9.12. The van der Waals surface area contributed by atoms with Gasteiger partial charge < -0.3 is 14.1 Å². The number of halogens is 1. The van der Waals surface area contributed by atoms with Crippen molar-refractivity contribution in [3.05, 3.63) is 11.8 Å². The minimum Gasteiger partial charge on any atom is -0.393 e. The van der Waals surface area contributed by atoms with Crippen molar-refractivity contribution >= 4 is 29.0 Å². The Labute approximate surface area is 110 Å². The lowest BCUT2D eigenvalue weighted by atomic mass is 9.80. The van der Waals surface area contributed by atoms with Gasteiger partial charge in [0.25, 0.3) is 0 Å². The van der Waals surface area contributed by atoms with Crippen LogP contribution in [-0.2, 0) is 7.86 Å². The summed E-state index contributed by atoms with van der Waals surface area (Å²) in [5.74, 6) is 0.252. The summed E-state index contributed by atoms with van der Waals surface area (Å²) in [6, 6.07) is 0.0530. The summed E-state index contributed by atoms with van der Waals surface area (Å²) in [6.45, 7) is 0. The number of carbonyl (C=O) groups is 1. The van der Waals surface area contributed by atoms with Crippen molar-refractivity contribution in [2.24, 2.45) is 11.7 Å². The summed E-state index contributed by atoms with van der Waals surface area (Å²) in [5, 5.41) is 3.40. The van der Waals surface area contributed by atoms with Crippen LogP contribution in [0.25, 0.3) is 0 Å². The van der Waals surface area contributed by atoms with E-state index in [-0.39, 0.29) is 5.97 Å². The molecule has 0 spiro atoms. The van der Waals surface area contributed by atoms with E-state index in [9.17, 15) is 4.79 Å². The maximum absolute atomic E-state index is 11.3. The lowest BCUT2D eigenvalue weighted by Crippen LogP contribution is -2.34. The van der Waals surface area contributed by atoms with Crippen molar-refractivity contribution < 1.29 is 7.86 Å². The third-order valence-corrected chi connectivity index (χ3v) is 3.99. The zero-order chi connectivity index (χ0) is 11.5. The maximum atomic E-state index is 11.3. The van der Waals surface area contributed by atoms with Gasteiger partial charge >= 0.3 is 5.97 Å². The number of carbonyl (C=O) groups excluding carboxylic acids is 1. The Bertz CT molecular complexity index is 306. The van der Waals surface area contributed by atoms with Crippen LogP contribution in [0.15, 0.2) is 11.8 Å². The zero-order valence-corrected chi connectivity index (χ0v) is 11.3. The molecular weight excluding hydrogens is 319 g/mol. The molecule has 3 N–H and O–H groups in total. The Kier molecular flexibility index (Phi) is 4.07. The van der Waals surface area contributed by atoms with Gasteiger partial charge in [-0.1, -0.05) is 12.8 Å². The first kappa shape index (κ1) is 12.2. The van der Waals surface area contributed by atoms with Crippen LogP contribution in [0.4, 0.5) is 0 Å².